The summed E-state index contributed by atoms with van der Waals surface area (Å²) in [5.74, 6) is 0.884. The van der Waals surface area contributed by atoms with E-state index in [1.54, 1.807) is 0 Å². The number of nitrogens with zero attached hydrogens (tertiary/aromatic N) is 1. The van der Waals surface area contributed by atoms with E-state index in [0.717, 1.165) is 17.7 Å². The summed E-state index contributed by atoms with van der Waals surface area (Å²) in [6.07, 6.45) is -4.43. The van der Waals surface area contributed by atoms with Crippen molar-refractivity contribution in [2.24, 2.45) is 0 Å². The van der Waals surface area contributed by atoms with Gasteiger partial charge in [-0.1, -0.05) is 6.07 Å². The van der Waals surface area contributed by atoms with Crippen molar-refractivity contribution in [3.05, 3.63) is 59.2 Å². The molecule has 3 rings (SSSR count). The van der Waals surface area contributed by atoms with Gasteiger partial charge in [0.05, 0.1) is 11.6 Å². The molecule has 1 heterocycles. The summed E-state index contributed by atoms with van der Waals surface area (Å²) in [6.45, 7) is 0.461. The van der Waals surface area contributed by atoms with E-state index in [1.165, 1.54) is 12.1 Å². The van der Waals surface area contributed by atoms with Crippen molar-refractivity contribution in [2.75, 3.05) is 27.4 Å². The molecule has 1 aliphatic rings. The van der Waals surface area contributed by atoms with Gasteiger partial charge in [0, 0.05) is 12.1 Å². The van der Waals surface area contributed by atoms with Gasteiger partial charge in [0.1, 0.15) is 0 Å². The van der Waals surface area contributed by atoms with E-state index in [-0.39, 0.29) is 24.9 Å². The molecule has 0 saturated carbocycles. The quantitative estimate of drug-likeness (QED) is 0.863. The number of halogens is 3. The Kier molecular flexibility index (Phi) is 5.27. The third-order valence-corrected chi connectivity index (χ3v) is 4.34. The molecular formula is C19H19F3N2O3. The largest absolute Gasteiger partial charge is 0.454 e. The molecule has 0 aromatic heterocycles. The molecule has 2 aromatic carbocycles. The Morgan fingerprint density at radius 1 is 1.11 bits per heavy atom. The van der Waals surface area contributed by atoms with E-state index < -0.39 is 17.6 Å². The van der Waals surface area contributed by atoms with Crippen LogP contribution >= 0.6 is 0 Å². The van der Waals surface area contributed by atoms with Crippen LogP contribution in [0.5, 0.6) is 11.5 Å². The van der Waals surface area contributed by atoms with Crippen molar-refractivity contribution >= 4 is 5.91 Å². The molecule has 1 amide bonds. The van der Waals surface area contributed by atoms with Crippen LogP contribution in [-0.4, -0.2) is 38.2 Å². The second-order valence-corrected chi connectivity index (χ2v) is 6.38. The van der Waals surface area contributed by atoms with E-state index in [1.807, 2.05) is 37.2 Å². The Balaban J connectivity index is 1.68. The number of carbonyl (C=O) groups excluding carboxylic acids is 1. The van der Waals surface area contributed by atoms with Gasteiger partial charge >= 0.3 is 6.18 Å². The Morgan fingerprint density at radius 2 is 1.78 bits per heavy atom. The topological polar surface area (TPSA) is 50.8 Å². The summed E-state index contributed by atoms with van der Waals surface area (Å²) >= 11 is 0. The van der Waals surface area contributed by atoms with Crippen molar-refractivity contribution in [2.45, 2.75) is 12.2 Å². The lowest BCUT2D eigenvalue weighted by atomic mass is 10.0. The highest BCUT2D eigenvalue weighted by Gasteiger charge is 2.30. The summed E-state index contributed by atoms with van der Waals surface area (Å²) in [5, 5.41) is 2.77. The highest BCUT2D eigenvalue weighted by Crippen LogP contribution is 2.35. The number of fused-ring (bicyclic) bond motifs is 1. The average Bonchev–Trinajstić information content (AvgIpc) is 3.08. The molecule has 0 aliphatic carbocycles. The maximum Gasteiger partial charge on any atom is 0.416 e. The number of likely N-dealkylation sites (N-methyl/N-ethyl adjacent to an activating group) is 1. The molecule has 5 nitrogen and oxygen atoms in total. The van der Waals surface area contributed by atoms with Crippen LogP contribution in [0.2, 0.25) is 0 Å². The number of alkyl halides is 3. The van der Waals surface area contributed by atoms with Gasteiger partial charge in [-0.15, -0.1) is 0 Å². The van der Waals surface area contributed by atoms with Gasteiger partial charge in [-0.2, -0.15) is 13.2 Å². The van der Waals surface area contributed by atoms with E-state index in [9.17, 15) is 18.0 Å². The molecule has 1 atom stereocenters. The van der Waals surface area contributed by atoms with Crippen LogP contribution in [0.3, 0.4) is 0 Å². The van der Waals surface area contributed by atoms with Crippen molar-refractivity contribution in [3.63, 3.8) is 0 Å². The predicted molar refractivity (Wildman–Crippen MR) is 92.8 cm³/mol. The number of carbonyl (C=O) groups is 1. The molecule has 0 fully saturated rings. The Morgan fingerprint density at radius 3 is 2.41 bits per heavy atom. The van der Waals surface area contributed by atoms with E-state index >= 15 is 0 Å². The van der Waals surface area contributed by atoms with Crippen molar-refractivity contribution in [1.29, 1.82) is 0 Å². The number of rotatable bonds is 5. The maximum atomic E-state index is 12.6. The zero-order valence-electron chi connectivity index (χ0n) is 14.8. The Bertz CT molecular complexity index is 820. The molecule has 27 heavy (non-hydrogen) atoms. The minimum absolute atomic E-state index is 0.141. The Labute approximate surface area is 154 Å². The van der Waals surface area contributed by atoms with Gasteiger partial charge in [-0.3, -0.25) is 4.79 Å². The number of hydrogen-bond acceptors (Lipinski definition) is 4. The van der Waals surface area contributed by atoms with Crippen molar-refractivity contribution in [1.82, 2.24) is 10.2 Å². The summed E-state index contributed by atoms with van der Waals surface area (Å²) in [5.41, 5.74) is 0.314. The fourth-order valence-corrected chi connectivity index (χ4v) is 2.82. The Hall–Kier alpha value is -2.74. The maximum absolute atomic E-state index is 12.6. The third kappa shape index (κ3) is 4.33. The molecule has 8 heteroatoms. The third-order valence-electron chi connectivity index (χ3n) is 4.34. The van der Waals surface area contributed by atoms with Crippen LogP contribution in [0.25, 0.3) is 0 Å². The molecule has 0 spiro atoms. The number of ether oxygens (including phenoxy) is 2. The summed E-state index contributed by atoms with van der Waals surface area (Å²) in [7, 11) is 3.75. The lowest BCUT2D eigenvalue weighted by Gasteiger charge is -2.25. The van der Waals surface area contributed by atoms with Crippen LogP contribution in [0.1, 0.15) is 27.5 Å². The first kappa shape index (κ1) is 19.0. The van der Waals surface area contributed by atoms with Crippen LogP contribution in [0, 0.1) is 0 Å². The van der Waals surface area contributed by atoms with Crippen molar-refractivity contribution in [3.8, 4) is 11.5 Å². The molecule has 0 bridgehead atoms. The van der Waals surface area contributed by atoms with Gasteiger partial charge in [-0.05, 0) is 56.1 Å². The zero-order valence-corrected chi connectivity index (χ0v) is 14.8. The summed E-state index contributed by atoms with van der Waals surface area (Å²) in [6, 6.07) is 9.56. The minimum atomic E-state index is -4.43. The highest BCUT2D eigenvalue weighted by atomic mass is 19.4. The highest BCUT2D eigenvalue weighted by molar-refractivity contribution is 5.94. The predicted octanol–water partition coefficient (Wildman–Crippen LogP) is 3.47. The standard InChI is InChI=1S/C19H19F3N2O3/c1-24(2)15(13-5-8-16-17(9-13)27-11-26-16)10-23-18(25)12-3-6-14(7-4-12)19(20,21)22/h3-9,15H,10-11H2,1-2H3,(H,23,25). The van der Waals surface area contributed by atoms with Crippen LogP contribution in [-0.2, 0) is 6.18 Å². The number of amides is 1. The lowest BCUT2D eigenvalue weighted by molar-refractivity contribution is -0.137. The van der Waals surface area contributed by atoms with E-state index in [0.29, 0.717) is 11.5 Å². The monoisotopic (exact) mass is 380 g/mol. The molecule has 0 saturated heterocycles. The van der Waals surface area contributed by atoms with E-state index in [2.05, 4.69) is 5.32 Å². The van der Waals surface area contributed by atoms with Gasteiger partial charge in [0.25, 0.3) is 5.91 Å². The lowest BCUT2D eigenvalue weighted by Crippen LogP contribution is -2.34. The number of nitrogens with one attached hydrogen (secondary N) is 1. The van der Waals surface area contributed by atoms with Crippen LogP contribution in [0.15, 0.2) is 42.5 Å². The van der Waals surface area contributed by atoms with Gasteiger partial charge in [-0.25, -0.2) is 0 Å². The SMILES string of the molecule is CN(C)C(CNC(=O)c1ccc(C(F)(F)F)cc1)c1ccc2c(c1)OCO2. The second-order valence-electron chi connectivity index (χ2n) is 6.38. The molecule has 144 valence electrons. The first-order valence-corrected chi connectivity index (χ1v) is 8.27. The normalized spacial score (nSPS) is 14.3. The molecule has 1 N–H and O–H groups in total. The number of benzene rings is 2. The molecule has 0 radical (unpaired) electrons. The first-order chi connectivity index (χ1) is 12.8. The second kappa shape index (κ2) is 7.48. The molecule has 2 aromatic rings. The van der Waals surface area contributed by atoms with Gasteiger partial charge in [0.15, 0.2) is 11.5 Å². The van der Waals surface area contributed by atoms with Crippen LogP contribution < -0.4 is 14.8 Å². The zero-order chi connectivity index (χ0) is 19.6. The summed E-state index contributed by atoms with van der Waals surface area (Å²) in [4.78, 5) is 14.2. The minimum Gasteiger partial charge on any atom is -0.454 e. The van der Waals surface area contributed by atoms with E-state index in [4.69, 9.17) is 9.47 Å². The molecule has 1 unspecified atom stereocenters. The van der Waals surface area contributed by atoms with Crippen molar-refractivity contribution < 1.29 is 27.4 Å². The first-order valence-electron chi connectivity index (χ1n) is 8.27. The fraction of sp³-hybridized carbons (Fsp3) is 0.316. The fourth-order valence-electron chi connectivity index (χ4n) is 2.82. The smallest absolute Gasteiger partial charge is 0.416 e. The van der Waals surface area contributed by atoms with Gasteiger partial charge < -0.3 is 19.7 Å². The molecular weight excluding hydrogens is 361 g/mol. The summed E-state index contributed by atoms with van der Waals surface area (Å²) < 4.78 is 48.5. The van der Waals surface area contributed by atoms with Crippen LogP contribution in [0.4, 0.5) is 13.2 Å². The average molecular weight is 380 g/mol. The number of hydrogen-bond donors (Lipinski definition) is 1. The van der Waals surface area contributed by atoms with Gasteiger partial charge in [0.2, 0.25) is 6.79 Å². The molecule has 1 aliphatic heterocycles.